The molecule has 0 bridgehead atoms. The lowest BCUT2D eigenvalue weighted by molar-refractivity contribution is 0.101. The molecule has 5 nitrogen and oxygen atoms in total. The molecule has 0 fully saturated rings. The van der Waals surface area contributed by atoms with Gasteiger partial charge < -0.3 is 15.4 Å². The zero-order valence-electron chi connectivity index (χ0n) is 16.6. The summed E-state index contributed by atoms with van der Waals surface area (Å²) < 4.78 is 5.41. The van der Waals surface area contributed by atoms with E-state index in [4.69, 9.17) is 4.74 Å². The summed E-state index contributed by atoms with van der Waals surface area (Å²) in [7, 11) is 0. The third-order valence-electron chi connectivity index (χ3n) is 4.44. The molecule has 148 valence electrons. The van der Waals surface area contributed by atoms with E-state index in [1.165, 1.54) is 0 Å². The molecular weight excluding hydrogens is 364 g/mol. The number of hydrogen-bond donors (Lipinski definition) is 2. The van der Waals surface area contributed by atoms with Crippen LogP contribution in [0.1, 0.15) is 38.8 Å². The second-order valence-corrected chi connectivity index (χ2v) is 6.64. The maximum absolute atomic E-state index is 12.7. The lowest BCUT2D eigenvalue weighted by Gasteiger charge is -2.12. The maximum atomic E-state index is 12.7. The topological polar surface area (TPSA) is 67.4 Å². The Kier molecular flexibility index (Phi) is 6.76. The molecule has 0 saturated heterocycles. The Morgan fingerprint density at radius 3 is 2.34 bits per heavy atom. The van der Waals surface area contributed by atoms with E-state index in [9.17, 15) is 9.59 Å². The number of nitrogens with one attached hydrogen (secondary N) is 2. The average molecular weight is 388 g/mol. The van der Waals surface area contributed by atoms with Crippen LogP contribution in [0.2, 0.25) is 0 Å². The molecule has 0 saturated carbocycles. The van der Waals surface area contributed by atoms with Crippen molar-refractivity contribution >= 4 is 23.2 Å². The van der Waals surface area contributed by atoms with E-state index >= 15 is 0 Å². The average Bonchev–Trinajstić information content (AvgIpc) is 2.74. The summed E-state index contributed by atoms with van der Waals surface area (Å²) in [5.74, 6) is -0.455. The molecular formula is C24H24N2O3. The first-order chi connectivity index (χ1) is 14.1. The van der Waals surface area contributed by atoms with Crippen LogP contribution in [0.25, 0.3) is 0 Å². The monoisotopic (exact) mass is 388 g/mol. The van der Waals surface area contributed by atoms with E-state index in [0.29, 0.717) is 35.7 Å². The molecule has 3 rings (SSSR count). The molecule has 0 radical (unpaired) electrons. The molecule has 0 atom stereocenters. The van der Waals surface area contributed by atoms with Gasteiger partial charge in [0, 0.05) is 29.1 Å². The van der Waals surface area contributed by atoms with Gasteiger partial charge in [-0.05, 0) is 61.4 Å². The highest BCUT2D eigenvalue weighted by Gasteiger charge is 2.12. The standard InChI is InChI=1S/C24H24N2O3/c1-3-29-16-18-8-7-11-21(14-18)25-24(28)20-13-12-17(2)22(15-20)26-23(27)19-9-5-4-6-10-19/h4-15H,3,16H2,1-2H3,(H,25,28)(H,26,27). The van der Waals surface area contributed by atoms with Gasteiger partial charge in [0.15, 0.2) is 0 Å². The Morgan fingerprint density at radius 1 is 0.828 bits per heavy atom. The molecule has 0 heterocycles. The summed E-state index contributed by atoms with van der Waals surface area (Å²) in [4.78, 5) is 25.1. The lowest BCUT2D eigenvalue weighted by atomic mass is 10.1. The summed E-state index contributed by atoms with van der Waals surface area (Å²) in [6, 6.07) is 21.8. The molecule has 29 heavy (non-hydrogen) atoms. The normalized spacial score (nSPS) is 10.4. The van der Waals surface area contributed by atoms with Crippen molar-refractivity contribution in [2.45, 2.75) is 20.5 Å². The summed E-state index contributed by atoms with van der Waals surface area (Å²) in [5, 5.41) is 5.78. The summed E-state index contributed by atoms with van der Waals surface area (Å²) >= 11 is 0. The van der Waals surface area contributed by atoms with Crippen LogP contribution in [-0.4, -0.2) is 18.4 Å². The largest absolute Gasteiger partial charge is 0.377 e. The van der Waals surface area contributed by atoms with E-state index < -0.39 is 0 Å². The third-order valence-corrected chi connectivity index (χ3v) is 4.44. The minimum atomic E-state index is -0.242. The van der Waals surface area contributed by atoms with E-state index in [0.717, 1.165) is 11.1 Å². The van der Waals surface area contributed by atoms with Crippen molar-refractivity contribution in [3.63, 3.8) is 0 Å². The molecule has 0 aliphatic rings. The number of hydrogen-bond acceptors (Lipinski definition) is 3. The first kappa shape index (κ1) is 20.3. The molecule has 2 N–H and O–H groups in total. The van der Waals surface area contributed by atoms with E-state index in [1.807, 2.05) is 62.4 Å². The fourth-order valence-electron chi connectivity index (χ4n) is 2.84. The minimum Gasteiger partial charge on any atom is -0.377 e. The van der Waals surface area contributed by atoms with Gasteiger partial charge in [0.1, 0.15) is 0 Å². The zero-order valence-corrected chi connectivity index (χ0v) is 16.6. The summed E-state index contributed by atoms with van der Waals surface area (Å²) in [6.07, 6.45) is 0. The van der Waals surface area contributed by atoms with Crippen LogP contribution in [0.5, 0.6) is 0 Å². The van der Waals surface area contributed by atoms with Crippen LogP contribution in [0.15, 0.2) is 72.8 Å². The quantitative estimate of drug-likeness (QED) is 0.596. The molecule has 0 spiro atoms. The predicted molar refractivity (Wildman–Crippen MR) is 115 cm³/mol. The number of amides is 2. The fourth-order valence-corrected chi connectivity index (χ4v) is 2.84. The van der Waals surface area contributed by atoms with Crippen molar-refractivity contribution in [1.82, 2.24) is 0 Å². The van der Waals surface area contributed by atoms with Gasteiger partial charge >= 0.3 is 0 Å². The SMILES string of the molecule is CCOCc1cccc(NC(=O)c2ccc(C)c(NC(=O)c3ccccc3)c2)c1. The molecule has 0 unspecified atom stereocenters. The van der Waals surface area contributed by atoms with Gasteiger partial charge in [-0.1, -0.05) is 36.4 Å². The predicted octanol–water partition coefficient (Wildman–Crippen LogP) is 5.04. The van der Waals surface area contributed by atoms with Crippen LogP contribution in [0.4, 0.5) is 11.4 Å². The third kappa shape index (κ3) is 5.53. The number of carbonyl (C=O) groups excluding carboxylic acids is 2. The second-order valence-electron chi connectivity index (χ2n) is 6.64. The van der Waals surface area contributed by atoms with Crippen molar-refractivity contribution in [3.8, 4) is 0 Å². The van der Waals surface area contributed by atoms with E-state index in [2.05, 4.69) is 10.6 Å². The summed E-state index contributed by atoms with van der Waals surface area (Å²) in [6.45, 7) is 4.97. The molecule has 3 aromatic rings. The molecule has 0 aromatic heterocycles. The highest BCUT2D eigenvalue weighted by Crippen LogP contribution is 2.20. The Balaban J connectivity index is 1.73. The van der Waals surface area contributed by atoms with Crippen molar-refractivity contribution in [2.24, 2.45) is 0 Å². The van der Waals surface area contributed by atoms with Gasteiger partial charge in [0.25, 0.3) is 11.8 Å². The Bertz CT molecular complexity index is 1000. The first-order valence-electron chi connectivity index (χ1n) is 9.52. The van der Waals surface area contributed by atoms with Crippen LogP contribution in [0.3, 0.4) is 0 Å². The fraction of sp³-hybridized carbons (Fsp3) is 0.167. The van der Waals surface area contributed by atoms with Crippen molar-refractivity contribution in [1.29, 1.82) is 0 Å². The van der Waals surface area contributed by atoms with Crippen LogP contribution < -0.4 is 10.6 Å². The molecule has 2 amide bonds. The van der Waals surface area contributed by atoms with E-state index in [1.54, 1.807) is 24.3 Å². The van der Waals surface area contributed by atoms with Gasteiger partial charge in [-0.2, -0.15) is 0 Å². The maximum Gasteiger partial charge on any atom is 0.255 e. The Labute approximate surface area is 170 Å². The minimum absolute atomic E-state index is 0.213. The number of carbonyl (C=O) groups is 2. The van der Waals surface area contributed by atoms with Crippen molar-refractivity contribution in [2.75, 3.05) is 17.2 Å². The molecule has 0 aliphatic carbocycles. The second kappa shape index (κ2) is 9.66. The summed E-state index contributed by atoms with van der Waals surface area (Å²) in [5.41, 5.74) is 4.20. The van der Waals surface area contributed by atoms with Gasteiger partial charge in [0.2, 0.25) is 0 Å². The molecule has 3 aromatic carbocycles. The Hall–Kier alpha value is -3.44. The zero-order chi connectivity index (χ0) is 20.6. The number of rotatable bonds is 7. The van der Waals surface area contributed by atoms with Crippen molar-refractivity contribution in [3.05, 3.63) is 95.1 Å². The van der Waals surface area contributed by atoms with Gasteiger partial charge in [-0.15, -0.1) is 0 Å². The smallest absolute Gasteiger partial charge is 0.255 e. The van der Waals surface area contributed by atoms with Gasteiger partial charge in [0.05, 0.1) is 6.61 Å². The van der Waals surface area contributed by atoms with E-state index in [-0.39, 0.29) is 11.8 Å². The molecule has 5 heteroatoms. The highest BCUT2D eigenvalue weighted by molar-refractivity contribution is 6.07. The van der Waals surface area contributed by atoms with Crippen LogP contribution in [0, 0.1) is 6.92 Å². The molecule has 0 aliphatic heterocycles. The van der Waals surface area contributed by atoms with Crippen molar-refractivity contribution < 1.29 is 14.3 Å². The number of benzene rings is 3. The van der Waals surface area contributed by atoms with Crippen LogP contribution in [-0.2, 0) is 11.3 Å². The number of aryl methyl sites for hydroxylation is 1. The first-order valence-corrected chi connectivity index (χ1v) is 9.52. The van der Waals surface area contributed by atoms with Crippen LogP contribution >= 0.6 is 0 Å². The lowest BCUT2D eigenvalue weighted by Crippen LogP contribution is -2.15. The Morgan fingerprint density at radius 2 is 1.59 bits per heavy atom. The number of anilines is 2. The van der Waals surface area contributed by atoms with Gasteiger partial charge in [-0.25, -0.2) is 0 Å². The van der Waals surface area contributed by atoms with Gasteiger partial charge in [-0.3, -0.25) is 9.59 Å². The number of ether oxygens (including phenoxy) is 1. The highest BCUT2D eigenvalue weighted by atomic mass is 16.5.